The Kier molecular flexibility index (Phi) is 3.89. The summed E-state index contributed by atoms with van der Waals surface area (Å²) in [7, 11) is 0. The van der Waals surface area contributed by atoms with E-state index in [0.717, 1.165) is 31.3 Å². The van der Waals surface area contributed by atoms with Gasteiger partial charge in [0.15, 0.2) is 0 Å². The summed E-state index contributed by atoms with van der Waals surface area (Å²) in [6.45, 7) is 11.4. The van der Waals surface area contributed by atoms with Crippen LogP contribution in [0, 0.1) is 11.8 Å². The van der Waals surface area contributed by atoms with Crippen LogP contribution in [0.2, 0.25) is 0 Å². The van der Waals surface area contributed by atoms with Crippen LogP contribution in [0.1, 0.15) is 76.1 Å². The fourth-order valence-corrected chi connectivity index (χ4v) is 4.30. The predicted molar refractivity (Wildman–Crippen MR) is 82.9 cm³/mol. The van der Waals surface area contributed by atoms with E-state index in [2.05, 4.69) is 37.6 Å². The van der Waals surface area contributed by atoms with Crippen LogP contribution >= 0.6 is 0 Å². The zero-order valence-corrected chi connectivity index (χ0v) is 13.4. The maximum atomic E-state index is 4.98. The highest BCUT2D eigenvalue weighted by atomic mass is 15.2. The van der Waals surface area contributed by atoms with E-state index in [-0.39, 0.29) is 0 Å². The number of aromatic nitrogens is 2. The summed E-state index contributed by atoms with van der Waals surface area (Å²) in [5.41, 5.74) is 2.84. The Morgan fingerprint density at radius 3 is 2.80 bits per heavy atom. The number of nitrogens with zero attached hydrogens (tertiary/aromatic N) is 2. The Balaban J connectivity index is 2.01. The average Bonchev–Trinajstić information content (AvgIpc) is 2.99. The number of hydrogen-bond donors (Lipinski definition) is 1. The molecule has 112 valence electrons. The van der Waals surface area contributed by atoms with Crippen molar-refractivity contribution in [3.63, 3.8) is 0 Å². The molecule has 1 fully saturated rings. The molecule has 2 aliphatic rings. The van der Waals surface area contributed by atoms with Gasteiger partial charge in [-0.1, -0.05) is 34.1 Å². The lowest BCUT2D eigenvalue weighted by molar-refractivity contribution is 0.316. The molecule has 0 saturated heterocycles. The van der Waals surface area contributed by atoms with E-state index in [9.17, 15) is 0 Å². The standard InChI is InChI=1S/C17H29N3/c1-5-13-6-7-15(12(13)4)20-16-8-9-18-10-14(16)19-17(20)11(2)3/h11-13,15,18H,5-10H2,1-4H3. The summed E-state index contributed by atoms with van der Waals surface area (Å²) < 4.78 is 2.65. The van der Waals surface area contributed by atoms with Gasteiger partial charge in [-0.3, -0.25) is 0 Å². The SMILES string of the molecule is CCC1CCC(n2c(C(C)C)nc3c2CCNC3)C1C. The Bertz CT molecular complexity index is 475. The van der Waals surface area contributed by atoms with Crippen LogP contribution in [0.3, 0.4) is 0 Å². The quantitative estimate of drug-likeness (QED) is 0.912. The molecule has 3 heteroatoms. The fraction of sp³-hybridized carbons (Fsp3) is 0.824. The van der Waals surface area contributed by atoms with Gasteiger partial charge in [0.05, 0.1) is 5.69 Å². The largest absolute Gasteiger partial charge is 0.328 e. The second kappa shape index (κ2) is 5.51. The lowest BCUT2D eigenvalue weighted by atomic mass is 9.93. The van der Waals surface area contributed by atoms with E-state index in [1.165, 1.54) is 36.5 Å². The van der Waals surface area contributed by atoms with Crippen LogP contribution < -0.4 is 5.32 Å². The van der Waals surface area contributed by atoms with E-state index in [1.54, 1.807) is 0 Å². The van der Waals surface area contributed by atoms with E-state index >= 15 is 0 Å². The van der Waals surface area contributed by atoms with Gasteiger partial charge in [-0.2, -0.15) is 0 Å². The molecule has 1 aliphatic carbocycles. The zero-order valence-electron chi connectivity index (χ0n) is 13.4. The molecule has 0 radical (unpaired) electrons. The summed E-state index contributed by atoms with van der Waals surface area (Å²) >= 11 is 0. The van der Waals surface area contributed by atoms with E-state index in [0.29, 0.717) is 12.0 Å². The Hall–Kier alpha value is -0.830. The molecule has 20 heavy (non-hydrogen) atoms. The number of fused-ring (bicyclic) bond motifs is 1. The van der Waals surface area contributed by atoms with Crippen LogP contribution in [0.4, 0.5) is 0 Å². The van der Waals surface area contributed by atoms with Crippen molar-refractivity contribution in [1.82, 2.24) is 14.9 Å². The summed E-state index contributed by atoms with van der Waals surface area (Å²) in [4.78, 5) is 4.98. The molecule has 2 heterocycles. The molecule has 1 aromatic heterocycles. The Morgan fingerprint density at radius 2 is 2.15 bits per heavy atom. The van der Waals surface area contributed by atoms with Crippen LogP contribution in [0.5, 0.6) is 0 Å². The summed E-state index contributed by atoms with van der Waals surface area (Å²) in [6.07, 6.45) is 5.21. The van der Waals surface area contributed by atoms with E-state index in [1.807, 2.05) is 0 Å². The lowest BCUT2D eigenvalue weighted by Crippen LogP contribution is -2.27. The van der Waals surface area contributed by atoms with Crippen molar-refractivity contribution in [3.05, 3.63) is 17.2 Å². The average molecular weight is 275 g/mol. The van der Waals surface area contributed by atoms with Crippen molar-refractivity contribution in [2.24, 2.45) is 11.8 Å². The summed E-state index contributed by atoms with van der Waals surface area (Å²) in [5, 5.41) is 3.47. The lowest BCUT2D eigenvalue weighted by Gasteiger charge is -2.27. The first-order valence-electron chi connectivity index (χ1n) is 8.44. The Labute approximate surface area is 123 Å². The van der Waals surface area contributed by atoms with Gasteiger partial charge < -0.3 is 9.88 Å². The molecule has 1 aromatic rings. The summed E-state index contributed by atoms with van der Waals surface area (Å²) in [5.74, 6) is 3.55. The van der Waals surface area contributed by atoms with Crippen LogP contribution in [0.25, 0.3) is 0 Å². The van der Waals surface area contributed by atoms with Crippen molar-refractivity contribution >= 4 is 0 Å². The highest BCUT2D eigenvalue weighted by Crippen LogP contribution is 2.44. The maximum absolute atomic E-state index is 4.98. The number of hydrogen-bond acceptors (Lipinski definition) is 2. The van der Waals surface area contributed by atoms with Gasteiger partial charge >= 0.3 is 0 Å². The van der Waals surface area contributed by atoms with Gasteiger partial charge in [0, 0.05) is 37.2 Å². The molecule has 1 saturated carbocycles. The first-order chi connectivity index (χ1) is 9.63. The van der Waals surface area contributed by atoms with Gasteiger partial charge in [-0.25, -0.2) is 4.98 Å². The van der Waals surface area contributed by atoms with Gasteiger partial charge in [0.2, 0.25) is 0 Å². The van der Waals surface area contributed by atoms with Crippen molar-refractivity contribution in [1.29, 1.82) is 0 Å². The van der Waals surface area contributed by atoms with Crippen LogP contribution in [0.15, 0.2) is 0 Å². The van der Waals surface area contributed by atoms with Crippen molar-refractivity contribution in [3.8, 4) is 0 Å². The van der Waals surface area contributed by atoms with Gasteiger partial charge in [-0.05, 0) is 24.7 Å². The predicted octanol–water partition coefficient (Wildman–Crippen LogP) is 3.65. The fourth-order valence-electron chi connectivity index (χ4n) is 4.30. The molecule has 0 amide bonds. The number of nitrogens with one attached hydrogen (secondary N) is 1. The first-order valence-corrected chi connectivity index (χ1v) is 8.44. The minimum Gasteiger partial charge on any atom is -0.328 e. The molecule has 3 unspecified atom stereocenters. The minimum absolute atomic E-state index is 0.522. The third-order valence-electron chi connectivity index (χ3n) is 5.51. The second-order valence-corrected chi connectivity index (χ2v) is 6.99. The van der Waals surface area contributed by atoms with Gasteiger partial charge in [-0.15, -0.1) is 0 Å². The molecule has 1 aliphatic heterocycles. The smallest absolute Gasteiger partial charge is 0.112 e. The second-order valence-electron chi connectivity index (χ2n) is 6.99. The molecule has 0 aromatic carbocycles. The topological polar surface area (TPSA) is 29.9 Å². The number of imidazole rings is 1. The highest BCUT2D eigenvalue weighted by Gasteiger charge is 2.36. The van der Waals surface area contributed by atoms with Crippen LogP contribution in [-0.4, -0.2) is 16.1 Å². The molecular weight excluding hydrogens is 246 g/mol. The van der Waals surface area contributed by atoms with E-state index < -0.39 is 0 Å². The van der Waals surface area contributed by atoms with Gasteiger partial charge in [0.25, 0.3) is 0 Å². The molecule has 3 atom stereocenters. The Morgan fingerprint density at radius 1 is 1.35 bits per heavy atom. The monoisotopic (exact) mass is 275 g/mol. The zero-order chi connectivity index (χ0) is 14.3. The molecule has 1 N–H and O–H groups in total. The van der Waals surface area contributed by atoms with Crippen molar-refractivity contribution in [2.45, 2.75) is 71.9 Å². The summed E-state index contributed by atoms with van der Waals surface area (Å²) in [6, 6.07) is 0.687. The molecule has 0 bridgehead atoms. The van der Waals surface area contributed by atoms with Gasteiger partial charge in [0.1, 0.15) is 5.82 Å². The molecule has 3 nitrogen and oxygen atoms in total. The first kappa shape index (κ1) is 14.1. The third-order valence-corrected chi connectivity index (χ3v) is 5.51. The van der Waals surface area contributed by atoms with E-state index in [4.69, 9.17) is 4.98 Å². The van der Waals surface area contributed by atoms with Crippen molar-refractivity contribution in [2.75, 3.05) is 6.54 Å². The molecule has 3 rings (SSSR count). The van der Waals surface area contributed by atoms with Crippen LogP contribution in [-0.2, 0) is 13.0 Å². The minimum atomic E-state index is 0.522. The normalized spacial score (nSPS) is 29.9. The number of rotatable bonds is 3. The molecule has 0 spiro atoms. The maximum Gasteiger partial charge on any atom is 0.112 e. The van der Waals surface area contributed by atoms with Crippen molar-refractivity contribution < 1.29 is 0 Å². The molecular formula is C17H29N3. The third kappa shape index (κ3) is 2.20. The highest BCUT2D eigenvalue weighted by molar-refractivity contribution is 5.23.